The van der Waals surface area contributed by atoms with Crippen molar-refractivity contribution in [2.24, 2.45) is 22.5 Å². The molecular formula is C58H71Cl2F2N11O4P2. The maximum atomic E-state index is 15.3. The maximum Gasteiger partial charge on any atom is 0.306 e. The van der Waals surface area contributed by atoms with Gasteiger partial charge in [0.05, 0.1) is 35.1 Å². The first-order chi connectivity index (χ1) is 37.3. The number of hydrogen-bond donors (Lipinski definition) is 5. The van der Waals surface area contributed by atoms with Gasteiger partial charge in [0.25, 0.3) is 0 Å². The molecule has 0 unspecified atom stereocenters. The van der Waals surface area contributed by atoms with Crippen molar-refractivity contribution in [2.45, 2.75) is 90.2 Å². The summed E-state index contributed by atoms with van der Waals surface area (Å²) in [5, 5.41) is 14.5. The summed E-state index contributed by atoms with van der Waals surface area (Å²) in [6, 6.07) is 25.1. The molecule has 21 heteroatoms. The Morgan fingerprint density at radius 3 is 1.44 bits per heavy atom. The van der Waals surface area contributed by atoms with Gasteiger partial charge in [-0.25, -0.2) is 18.7 Å². The van der Waals surface area contributed by atoms with Crippen molar-refractivity contribution >= 4 is 112 Å². The molecule has 2 saturated heterocycles. The van der Waals surface area contributed by atoms with E-state index in [1.165, 1.54) is 24.5 Å². The first-order valence-electron chi connectivity index (χ1n) is 26.8. The zero-order valence-corrected chi connectivity index (χ0v) is 49.2. The number of ether oxygens (including phenoxy) is 1. The van der Waals surface area contributed by atoms with E-state index < -0.39 is 19.9 Å². The van der Waals surface area contributed by atoms with Gasteiger partial charge in [0.1, 0.15) is 41.6 Å². The molecule has 2 saturated carbocycles. The molecule has 2 aliphatic carbocycles. The third kappa shape index (κ3) is 14.4. The van der Waals surface area contributed by atoms with Crippen molar-refractivity contribution in [3.63, 3.8) is 0 Å². The van der Waals surface area contributed by atoms with E-state index >= 15 is 8.78 Å². The number of nitrogens with zero attached hydrogens (tertiary/aromatic N) is 6. The first-order valence-corrected chi connectivity index (χ1v) is 32.8. The molecule has 4 heterocycles. The fraction of sp³-hybridized carbons (Fsp3) is 0.431. The van der Waals surface area contributed by atoms with Crippen LogP contribution in [0, 0.1) is 28.4 Å². The Labute approximate surface area is 472 Å². The first kappa shape index (κ1) is 57.8. The molecule has 4 fully saturated rings. The highest BCUT2D eigenvalue weighted by molar-refractivity contribution is 7.70. The summed E-state index contributed by atoms with van der Waals surface area (Å²) in [6.45, 7) is 15.8. The van der Waals surface area contributed by atoms with E-state index in [4.69, 9.17) is 33.7 Å². The quantitative estimate of drug-likeness (QED) is 0.0511. The zero-order valence-electron chi connectivity index (χ0n) is 45.9. The van der Waals surface area contributed by atoms with Crippen LogP contribution < -0.4 is 47.4 Å². The molecule has 0 amide bonds. The Bertz CT molecular complexity index is 3290. The second-order valence-electron chi connectivity index (χ2n) is 23.6. The minimum absolute atomic E-state index is 0.119. The second kappa shape index (κ2) is 23.3. The van der Waals surface area contributed by atoms with Crippen molar-refractivity contribution < 1.29 is 27.4 Å². The standard InChI is InChI=1S/C32H40ClFN5O3P.C26H31ClFN6OP/c1-31(2,3)42-28(40)16-21-18-32(19-21)12-14-39(15-13-32)26-11-10-22(17-24(26)34)36-30-35-20-23(33)29(38-30)37-25-8-6-7-9-27(25)43(4,5)41;1-36(2,35)23-6-4-3-5-21(23)32-24-19(27)16-30-25(33-24)31-18-7-8-22(20(28)13-18)34-11-9-26(10-12-34)14-17(29)15-26/h6-11,17,20-21H,12-16,18-19H2,1-5H3,(H2,35,36,37,38);3-8,13,16-17H,9-12,14-15,29H2,1-2H3,(H2,30,31,32,33). The Hall–Kier alpha value is -5.83. The summed E-state index contributed by atoms with van der Waals surface area (Å²) in [6.07, 6.45) is 11.8. The van der Waals surface area contributed by atoms with Crippen LogP contribution in [0.2, 0.25) is 10.0 Å². The Kier molecular flexibility index (Phi) is 17.1. The molecule has 15 nitrogen and oxygen atoms in total. The van der Waals surface area contributed by atoms with Gasteiger partial charge >= 0.3 is 5.97 Å². The molecule has 6 aromatic rings. The molecule has 0 radical (unpaired) electrons. The fourth-order valence-electron chi connectivity index (χ4n) is 11.6. The number of halogens is 4. The van der Waals surface area contributed by atoms with Gasteiger partial charge in [-0.1, -0.05) is 47.5 Å². The summed E-state index contributed by atoms with van der Waals surface area (Å²) in [4.78, 5) is 33.9. The van der Waals surface area contributed by atoms with Gasteiger partial charge in [-0.05, 0) is 176 Å². The Balaban J connectivity index is 0.000000195. The molecule has 6 N–H and O–H groups in total. The number of para-hydroxylation sites is 2. The summed E-state index contributed by atoms with van der Waals surface area (Å²) in [5.41, 5.74) is 9.73. The molecule has 2 aromatic heterocycles. The maximum absolute atomic E-state index is 15.3. The molecule has 2 spiro atoms. The normalized spacial score (nSPS) is 17.3. The molecule has 0 bridgehead atoms. The number of aromatic nitrogens is 4. The van der Waals surface area contributed by atoms with Gasteiger partial charge in [0.15, 0.2) is 11.6 Å². The van der Waals surface area contributed by atoms with Crippen LogP contribution in [-0.4, -0.2) is 90.4 Å². The van der Waals surface area contributed by atoms with Crippen LogP contribution in [-0.2, 0) is 18.7 Å². The Morgan fingerprint density at radius 2 is 1.06 bits per heavy atom. The molecule has 10 rings (SSSR count). The monoisotopic (exact) mass is 1160 g/mol. The molecule has 420 valence electrons. The van der Waals surface area contributed by atoms with Crippen LogP contribution in [0.4, 0.5) is 66.4 Å². The van der Waals surface area contributed by atoms with Gasteiger partial charge in [-0.3, -0.25) is 4.79 Å². The van der Waals surface area contributed by atoms with Gasteiger partial charge < -0.3 is 50.7 Å². The molecular weight excluding hydrogens is 1090 g/mol. The van der Waals surface area contributed by atoms with E-state index in [0.717, 1.165) is 77.5 Å². The third-order valence-corrected chi connectivity index (χ3v) is 19.1. The zero-order chi connectivity index (χ0) is 56.5. The highest BCUT2D eigenvalue weighted by Gasteiger charge is 2.47. The number of nitrogens with two attached hydrogens (primary N) is 1. The number of piperidine rings is 2. The van der Waals surface area contributed by atoms with E-state index in [2.05, 4.69) is 51.0 Å². The van der Waals surface area contributed by atoms with Crippen LogP contribution in [0.1, 0.15) is 78.6 Å². The lowest BCUT2D eigenvalue weighted by Gasteiger charge is -2.52. The van der Waals surface area contributed by atoms with Crippen LogP contribution in [0.5, 0.6) is 0 Å². The number of rotatable bonds is 14. The van der Waals surface area contributed by atoms with E-state index in [1.54, 1.807) is 38.8 Å². The van der Waals surface area contributed by atoms with E-state index in [0.29, 0.717) is 90.2 Å². The number of anilines is 10. The van der Waals surface area contributed by atoms with Crippen LogP contribution in [0.15, 0.2) is 97.3 Å². The number of carbonyl (C=O) groups is 1. The van der Waals surface area contributed by atoms with E-state index in [1.807, 2.05) is 81.4 Å². The highest BCUT2D eigenvalue weighted by atomic mass is 35.5. The van der Waals surface area contributed by atoms with Gasteiger partial charge in [0, 0.05) is 60.6 Å². The van der Waals surface area contributed by atoms with Crippen molar-refractivity contribution in [2.75, 3.05) is 83.9 Å². The Morgan fingerprint density at radius 1 is 0.658 bits per heavy atom. The lowest BCUT2D eigenvalue weighted by atomic mass is 9.57. The lowest BCUT2D eigenvalue weighted by Crippen LogP contribution is -2.52. The summed E-state index contributed by atoms with van der Waals surface area (Å²) < 4.78 is 61.3. The molecule has 79 heavy (non-hydrogen) atoms. The van der Waals surface area contributed by atoms with Crippen LogP contribution in [0.25, 0.3) is 0 Å². The second-order valence-corrected chi connectivity index (χ2v) is 30.7. The fourth-order valence-corrected chi connectivity index (χ4v) is 14.2. The minimum atomic E-state index is -2.54. The largest absolute Gasteiger partial charge is 0.460 e. The number of esters is 1. The third-order valence-electron chi connectivity index (χ3n) is 15.4. The molecule has 4 aliphatic rings. The van der Waals surface area contributed by atoms with E-state index in [-0.39, 0.29) is 34.9 Å². The van der Waals surface area contributed by atoms with E-state index in [9.17, 15) is 13.9 Å². The number of hydrogen-bond acceptors (Lipinski definition) is 15. The number of nitrogens with one attached hydrogen (secondary N) is 4. The van der Waals surface area contributed by atoms with Gasteiger partial charge in [0.2, 0.25) is 11.9 Å². The lowest BCUT2D eigenvalue weighted by molar-refractivity contribution is -0.158. The predicted molar refractivity (Wildman–Crippen MR) is 319 cm³/mol. The molecule has 0 atom stereocenters. The highest BCUT2D eigenvalue weighted by Crippen LogP contribution is 2.54. The number of carbonyl (C=O) groups excluding carboxylic acids is 1. The van der Waals surface area contributed by atoms with Crippen LogP contribution >= 0.6 is 37.5 Å². The average Bonchev–Trinajstić information content (AvgIpc) is 3.53. The average molecular weight is 1160 g/mol. The summed E-state index contributed by atoms with van der Waals surface area (Å²) in [7, 11) is -5.07. The summed E-state index contributed by atoms with van der Waals surface area (Å²) in [5.74, 6) is 0.886. The van der Waals surface area contributed by atoms with Gasteiger partial charge in [-0.2, -0.15) is 9.97 Å². The summed E-state index contributed by atoms with van der Waals surface area (Å²) >= 11 is 12.7. The van der Waals surface area contributed by atoms with Crippen molar-refractivity contribution in [3.05, 3.63) is 119 Å². The van der Waals surface area contributed by atoms with Crippen molar-refractivity contribution in [1.29, 1.82) is 0 Å². The molecule has 2 aliphatic heterocycles. The topological polar surface area (TPSA) is 193 Å². The van der Waals surface area contributed by atoms with Gasteiger partial charge in [-0.15, -0.1) is 0 Å². The molecule has 4 aromatic carbocycles. The smallest absolute Gasteiger partial charge is 0.306 e. The number of benzene rings is 4. The SMILES string of the molecule is CC(C)(C)OC(=O)CC1CC2(CCN(c3ccc(Nc4ncc(Cl)c(Nc5ccccc5P(C)(C)=O)n4)cc3F)CC2)C1.CP(C)(=O)c1ccccc1Nc1nc(Nc2ccc(N3CCC4(CC3)CC(N)C4)c(F)c2)ncc1Cl. The predicted octanol–water partition coefficient (Wildman–Crippen LogP) is 13.4. The minimum Gasteiger partial charge on any atom is -0.460 e. The van der Waals surface area contributed by atoms with Crippen molar-refractivity contribution in [3.8, 4) is 0 Å². The van der Waals surface area contributed by atoms with Crippen LogP contribution in [0.3, 0.4) is 0 Å². The van der Waals surface area contributed by atoms with Crippen molar-refractivity contribution in [1.82, 2.24) is 19.9 Å².